The quantitative estimate of drug-likeness (QED) is 0.665. The van der Waals surface area contributed by atoms with Gasteiger partial charge in [0.25, 0.3) is 0 Å². The number of aliphatic hydroxyl groups excluding tert-OH is 1. The number of rotatable bonds is 3. The molecule has 2 heteroatoms. The van der Waals surface area contributed by atoms with Gasteiger partial charge in [-0.15, -0.1) is 0 Å². The molecular weight excluding hydrogens is 150 g/mol. The van der Waals surface area contributed by atoms with Crippen LogP contribution in [0.4, 0.5) is 0 Å². The molecular formula is C10H19NO. The summed E-state index contributed by atoms with van der Waals surface area (Å²) in [5.74, 6) is 2.80. The van der Waals surface area contributed by atoms with Crippen molar-refractivity contribution in [2.45, 2.75) is 38.1 Å². The Bertz CT molecular complexity index is 160. The normalized spacial score (nSPS) is 42.0. The van der Waals surface area contributed by atoms with Gasteiger partial charge in [-0.05, 0) is 43.4 Å². The van der Waals surface area contributed by atoms with Gasteiger partial charge in [-0.2, -0.15) is 0 Å². The van der Waals surface area contributed by atoms with Gasteiger partial charge in [0.05, 0.1) is 6.61 Å². The Balaban J connectivity index is 1.82. The second-order valence-electron chi connectivity index (χ2n) is 4.61. The van der Waals surface area contributed by atoms with Gasteiger partial charge in [0.2, 0.25) is 0 Å². The molecule has 0 heterocycles. The molecule has 2 rings (SSSR count). The summed E-state index contributed by atoms with van der Waals surface area (Å²) in [6.45, 7) is 0.161. The molecule has 2 aliphatic rings. The van der Waals surface area contributed by atoms with Crippen molar-refractivity contribution < 1.29 is 5.11 Å². The van der Waals surface area contributed by atoms with E-state index in [0.29, 0.717) is 0 Å². The molecule has 0 spiro atoms. The van der Waals surface area contributed by atoms with E-state index in [4.69, 9.17) is 10.8 Å². The summed E-state index contributed by atoms with van der Waals surface area (Å²) in [6, 6.07) is 0.0364. The first kappa shape index (κ1) is 8.52. The molecule has 70 valence electrons. The molecule has 2 fully saturated rings. The highest BCUT2D eigenvalue weighted by molar-refractivity contribution is 4.91. The first-order valence-corrected chi connectivity index (χ1v) is 5.16. The predicted octanol–water partition coefficient (Wildman–Crippen LogP) is 1.13. The molecule has 0 aliphatic heterocycles. The number of nitrogens with two attached hydrogens (primary N) is 1. The van der Waals surface area contributed by atoms with Gasteiger partial charge >= 0.3 is 0 Å². The van der Waals surface area contributed by atoms with Crippen LogP contribution in [-0.2, 0) is 0 Å². The number of fused-ring (bicyclic) bond motifs is 2. The Morgan fingerprint density at radius 3 is 2.67 bits per heavy atom. The van der Waals surface area contributed by atoms with Crippen LogP contribution < -0.4 is 5.73 Å². The highest BCUT2D eigenvalue weighted by Crippen LogP contribution is 2.49. The van der Waals surface area contributed by atoms with Crippen LogP contribution in [0.15, 0.2) is 0 Å². The Hall–Kier alpha value is -0.0800. The van der Waals surface area contributed by atoms with Crippen molar-refractivity contribution in [1.29, 1.82) is 0 Å². The smallest absolute Gasteiger partial charge is 0.0582 e. The van der Waals surface area contributed by atoms with E-state index in [1.807, 2.05) is 0 Å². The molecule has 2 nitrogen and oxygen atoms in total. The van der Waals surface area contributed by atoms with E-state index in [9.17, 15) is 0 Å². The van der Waals surface area contributed by atoms with Crippen LogP contribution >= 0.6 is 0 Å². The van der Waals surface area contributed by atoms with Gasteiger partial charge in [0.1, 0.15) is 0 Å². The fraction of sp³-hybridized carbons (Fsp3) is 1.00. The van der Waals surface area contributed by atoms with E-state index in [0.717, 1.165) is 24.2 Å². The minimum Gasteiger partial charge on any atom is -0.395 e. The molecule has 0 saturated heterocycles. The largest absolute Gasteiger partial charge is 0.395 e. The lowest BCUT2D eigenvalue weighted by atomic mass is 9.84. The zero-order chi connectivity index (χ0) is 8.55. The molecule has 0 radical (unpaired) electrons. The van der Waals surface area contributed by atoms with Gasteiger partial charge in [-0.25, -0.2) is 0 Å². The standard InChI is InChI=1S/C10H19NO/c11-10(6-12)5-9-4-7-1-2-8(9)3-7/h7-10,12H,1-6,11H2. The Kier molecular flexibility index (Phi) is 2.37. The van der Waals surface area contributed by atoms with Crippen molar-refractivity contribution in [2.75, 3.05) is 6.61 Å². The van der Waals surface area contributed by atoms with Crippen LogP contribution in [0.3, 0.4) is 0 Å². The molecule has 0 amide bonds. The van der Waals surface area contributed by atoms with Crippen LogP contribution in [-0.4, -0.2) is 17.8 Å². The molecule has 2 aliphatic carbocycles. The number of hydrogen-bond acceptors (Lipinski definition) is 2. The maximum atomic E-state index is 8.84. The number of hydrogen-bond donors (Lipinski definition) is 2. The third-order valence-corrected chi connectivity index (χ3v) is 3.72. The summed E-state index contributed by atoms with van der Waals surface area (Å²) in [6.07, 6.45) is 6.77. The summed E-state index contributed by atoms with van der Waals surface area (Å²) >= 11 is 0. The summed E-state index contributed by atoms with van der Waals surface area (Å²) in [7, 11) is 0. The molecule has 3 N–H and O–H groups in total. The number of aliphatic hydroxyl groups is 1. The SMILES string of the molecule is NC(CO)CC1CC2CCC1C2. The molecule has 0 aromatic rings. The summed E-state index contributed by atoms with van der Waals surface area (Å²) in [5, 5.41) is 8.84. The van der Waals surface area contributed by atoms with Gasteiger partial charge in [0.15, 0.2) is 0 Å². The van der Waals surface area contributed by atoms with E-state index in [2.05, 4.69) is 0 Å². The minimum absolute atomic E-state index is 0.0364. The maximum Gasteiger partial charge on any atom is 0.0582 e. The zero-order valence-electron chi connectivity index (χ0n) is 7.58. The Labute approximate surface area is 74.1 Å². The second kappa shape index (κ2) is 3.35. The van der Waals surface area contributed by atoms with Crippen molar-refractivity contribution in [3.8, 4) is 0 Å². The van der Waals surface area contributed by atoms with Crippen molar-refractivity contribution >= 4 is 0 Å². The average Bonchev–Trinajstić information content (AvgIpc) is 2.64. The monoisotopic (exact) mass is 169 g/mol. The van der Waals surface area contributed by atoms with Crippen LogP contribution in [0, 0.1) is 17.8 Å². The lowest BCUT2D eigenvalue weighted by Crippen LogP contribution is -2.29. The van der Waals surface area contributed by atoms with Gasteiger partial charge < -0.3 is 10.8 Å². The first-order chi connectivity index (χ1) is 5.79. The molecule has 12 heavy (non-hydrogen) atoms. The van der Waals surface area contributed by atoms with Crippen LogP contribution in [0.2, 0.25) is 0 Å². The van der Waals surface area contributed by atoms with E-state index in [-0.39, 0.29) is 12.6 Å². The van der Waals surface area contributed by atoms with Gasteiger partial charge in [-0.1, -0.05) is 6.42 Å². The van der Waals surface area contributed by atoms with E-state index in [1.165, 1.54) is 25.7 Å². The van der Waals surface area contributed by atoms with Crippen LogP contribution in [0.5, 0.6) is 0 Å². The van der Waals surface area contributed by atoms with Crippen molar-refractivity contribution in [2.24, 2.45) is 23.5 Å². The summed E-state index contributed by atoms with van der Waals surface area (Å²) < 4.78 is 0. The maximum absolute atomic E-state index is 8.84. The van der Waals surface area contributed by atoms with Crippen molar-refractivity contribution in [3.63, 3.8) is 0 Å². The van der Waals surface area contributed by atoms with E-state index >= 15 is 0 Å². The molecule has 0 aromatic carbocycles. The third-order valence-electron chi connectivity index (χ3n) is 3.72. The molecule has 2 saturated carbocycles. The molecule has 0 aromatic heterocycles. The molecule has 4 unspecified atom stereocenters. The van der Waals surface area contributed by atoms with Gasteiger partial charge in [0, 0.05) is 6.04 Å². The van der Waals surface area contributed by atoms with Crippen LogP contribution in [0.1, 0.15) is 32.1 Å². The predicted molar refractivity (Wildman–Crippen MR) is 48.6 cm³/mol. The topological polar surface area (TPSA) is 46.2 Å². The lowest BCUT2D eigenvalue weighted by Gasteiger charge is -2.23. The third kappa shape index (κ3) is 1.50. The second-order valence-corrected chi connectivity index (χ2v) is 4.61. The van der Waals surface area contributed by atoms with Gasteiger partial charge in [-0.3, -0.25) is 0 Å². The van der Waals surface area contributed by atoms with Crippen molar-refractivity contribution in [3.05, 3.63) is 0 Å². The highest BCUT2D eigenvalue weighted by Gasteiger charge is 2.39. The fourth-order valence-electron chi connectivity index (χ4n) is 3.13. The Morgan fingerprint density at radius 2 is 2.17 bits per heavy atom. The lowest BCUT2D eigenvalue weighted by molar-refractivity contribution is 0.220. The van der Waals surface area contributed by atoms with Crippen molar-refractivity contribution in [1.82, 2.24) is 0 Å². The van der Waals surface area contributed by atoms with E-state index < -0.39 is 0 Å². The average molecular weight is 169 g/mol. The fourth-order valence-corrected chi connectivity index (χ4v) is 3.13. The zero-order valence-corrected chi connectivity index (χ0v) is 7.58. The first-order valence-electron chi connectivity index (χ1n) is 5.16. The molecule has 2 bridgehead atoms. The molecule has 4 atom stereocenters. The van der Waals surface area contributed by atoms with E-state index in [1.54, 1.807) is 0 Å². The summed E-state index contributed by atoms with van der Waals surface area (Å²) in [5.41, 5.74) is 5.73. The van der Waals surface area contributed by atoms with Crippen LogP contribution in [0.25, 0.3) is 0 Å². The minimum atomic E-state index is 0.0364. The Morgan fingerprint density at radius 1 is 1.33 bits per heavy atom. The summed E-state index contributed by atoms with van der Waals surface area (Å²) in [4.78, 5) is 0. The highest BCUT2D eigenvalue weighted by atomic mass is 16.3.